The predicted octanol–water partition coefficient (Wildman–Crippen LogP) is 2.36. The fraction of sp³-hybridized carbons (Fsp3) is 0.222. The van der Waals surface area contributed by atoms with Crippen molar-refractivity contribution in [3.05, 3.63) is 38.3 Å². The number of hydrogen-bond acceptors (Lipinski definition) is 4. The number of hydrogen-bond donors (Lipinski definition) is 1. The predicted molar refractivity (Wildman–Crippen MR) is 67.0 cm³/mol. The highest BCUT2D eigenvalue weighted by molar-refractivity contribution is 9.10. The summed E-state index contributed by atoms with van der Waals surface area (Å²) in [5, 5.41) is 18.4. The molecule has 0 bridgehead atoms. The first kappa shape index (κ1) is 12.8. The monoisotopic (exact) mass is 336 g/mol. The van der Waals surface area contributed by atoms with Crippen LogP contribution in [-0.2, 0) is 7.05 Å². The van der Waals surface area contributed by atoms with Crippen molar-refractivity contribution >= 4 is 39.1 Å². The van der Waals surface area contributed by atoms with Crippen LogP contribution in [0.1, 0.15) is 17.5 Å². The lowest BCUT2D eigenvalue weighted by Gasteiger charge is -2.11. The van der Waals surface area contributed by atoms with E-state index < -0.39 is 6.10 Å². The second-order valence-electron chi connectivity index (χ2n) is 3.31. The fourth-order valence-electron chi connectivity index (χ4n) is 1.38. The van der Waals surface area contributed by atoms with Crippen molar-refractivity contribution in [2.24, 2.45) is 7.05 Å². The SMILES string of the molecule is Cn1nnc(Br)c1C(O)c1ncc(Cl)cc1Cl. The molecule has 0 radical (unpaired) electrons. The van der Waals surface area contributed by atoms with Gasteiger partial charge in [0.05, 0.1) is 15.7 Å². The number of aryl methyl sites for hydroxylation is 1. The molecule has 2 aromatic heterocycles. The average molecular weight is 338 g/mol. The molecule has 2 aromatic rings. The molecule has 17 heavy (non-hydrogen) atoms. The molecule has 8 heteroatoms. The molecule has 0 aliphatic heterocycles. The van der Waals surface area contributed by atoms with Crippen LogP contribution in [0.25, 0.3) is 0 Å². The standard InChI is InChI=1S/C9H7BrCl2N4O/c1-16-7(9(10)14-15-16)8(17)6-5(12)2-4(11)3-13-6/h2-3,8,17H,1H3. The van der Waals surface area contributed by atoms with E-state index in [1.54, 1.807) is 7.05 Å². The van der Waals surface area contributed by atoms with Crippen LogP contribution in [0.5, 0.6) is 0 Å². The van der Waals surface area contributed by atoms with E-state index in [1.165, 1.54) is 16.9 Å². The van der Waals surface area contributed by atoms with Gasteiger partial charge in [-0.15, -0.1) is 5.10 Å². The molecule has 0 aromatic carbocycles. The smallest absolute Gasteiger partial charge is 0.154 e. The first-order valence-electron chi connectivity index (χ1n) is 4.54. The third kappa shape index (κ3) is 2.44. The van der Waals surface area contributed by atoms with Gasteiger partial charge in [0.1, 0.15) is 11.8 Å². The first-order chi connectivity index (χ1) is 8.00. The van der Waals surface area contributed by atoms with E-state index >= 15 is 0 Å². The summed E-state index contributed by atoms with van der Waals surface area (Å²) in [6.07, 6.45) is 0.401. The average Bonchev–Trinajstić information content (AvgIpc) is 2.58. The Kier molecular flexibility index (Phi) is 3.67. The summed E-state index contributed by atoms with van der Waals surface area (Å²) in [7, 11) is 1.67. The minimum Gasteiger partial charge on any atom is -0.380 e. The van der Waals surface area contributed by atoms with Gasteiger partial charge >= 0.3 is 0 Å². The maximum absolute atomic E-state index is 10.2. The lowest BCUT2D eigenvalue weighted by molar-refractivity contribution is 0.204. The van der Waals surface area contributed by atoms with Gasteiger partial charge in [0, 0.05) is 13.2 Å². The van der Waals surface area contributed by atoms with Crippen molar-refractivity contribution in [2.45, 2.75) is 6.10 Å². The molecule has 1 unspecified atom stereocenters. The van der Waals surface area contributed by atoms with Gasteiger partial charge in [-0.1, -0.05) is 28.4 Å². The third-order valence-corrected chi connectivity index (χ3v) is 3.26. The quantitative estimate of drug-likeness (QED) is 0.913. The number of aromatic nitrogens is 4. The van der Waals surface area contributed by atoms with Crippen LogP contribution in [0.4, 0.5) is 0 Å². The highest BCUT2D eigenvalue weighted by atomic mass is 79.9. The Balaban J connectivity index is 2.47. The summed E-state index contributed by atoms with van der Waals surface area (Å²) in [5.41, 5.74) is 0.781. The van der Waals surface area contributed by atoms with E-state index in [2.05, 4.69) is 31.2 Å². The Morgan fingerprint density at radius 2 is 2.18 bits per heavy atom. The van der Waals surface area contributed by atoms with Gasteiger partial charge in [-0.3, -0.25) is 4.98 Å². The van der Waals surface area contributed by atoms with E-state index in [0.717, 1.165) is 0 Å². The molecule has 5 nitrogen and oxygen atoms in total. The van der Waals surface area contributed by atoms with Crippen molar-refractivity contribution in [2.75, 3.05) is 0 Å². The van der Waals surface area contributed by atoms with Crippen LogP contribution in [0.2, 0.25) is 10.0 Å². The Hall–Kier alpha value is -0.690. The van der Waals surface area contributed by atoms with Crippen LogP contribution in [0, 0.1) is 0 Å². The van der Waals surface area contributed by atoms with Crippen molar-refractivity contribution in [1.29, 1.82) is 0 Å². The largest absolute Gasteiger partial charge is 0.380 e. The minimum absolute atomic E-state index is 0.290. The van der Waals surface area contributed by atoms with Crippen LogP contribution in [-0.4, -0.2) is 25.1 Å². The zero-order valence-electron chi connectivity index (χ0n) is 8.60. The zero-order valence-corrected chi connectivity index (χ0v) is 11.7. The molecule has 0 aliphatic carbocycles. The number of rotatable bonds is 2. The second kappa shape index (κ2) is 4.89. The van der Waals surface area contributed by atoms with Gasteiger partial charge in [0.25, 0.3) is 0 Å². The van der Waals surface area contributed by atoms with Gasteiger partial charge in [-0.25, -0.2) is 4.68 Å². The van der Waals surface area contributed by atoms with Gasteiger partial charge in [-0.05, 0) is 22.0 Å². The summed E-state index contributed by atoms with van der Waals surface area (Å²) in [4.78, 5) is 4.01. The Morgan fingerprint density at radius 3 is 2.71 bits per heavy atom. The highest BCUT2D eigenvalue weighted by Gasteiger charge is 2.23. The van der Waals surface area contributed by atoms with E-state index in [9.17, 15) is 5.11 Å². The molecule has 0 saturated heterocycles. The zero-order chi connectivity index (χ0) is 12.6. The molecular weight excluding hydrogens is 331 g/mol. The molecular formula is C9H7BrCl2N4O. The molecule has 0 spiro atoms. The first-order valence-corrected chi connectivity index (χ1v) is 6.09. The number of nitrogens with zero attached hydrogens (tertiary/aromatic N) is 4. The van der Waals surface area contributed by atoms with Crippen LogP contribution in [0.15, 0.2) is 16.9 Å². The summed E-state index contributed by atoms with van der Waals surface area (Å²) in [5.74, 6) is 0. The molecule has 1 atom stereocenters. The van der Waals surface area contributed by atoms with Crippen LogP contribution >= 0.6 is 39.1 Å². The van der Waals surface area contributed by atoms with Crippen LogP contribution < -0.4 is 0 Å². The summed E-state index contributed by atoms with van der Waals surface area (Å²) in [6, 6.07) is 1.52. The third-order valence-electron chi connectivity index (χ3n) is 2.18. The number of halogens is 3. The molecule has 2 rings (SSSR count). The van der Waals surface area contributed by atoms with Crippen LogP contribution in [0.3, 0.4) is 0 Å². The number of aliphatic hydroxyl groups excluding tert-OH is 1. The second-order valence-corrected chi connectivity index (χ2v) is 4.91. The number of pyridine rings is 1. The lowest BCUT2D eigenvalue weighted by atomic mass is 10.2. The van der Waals surface area contributed by atoms with Gasteiger partial charge < -0.3 is 5.11 Å². The highest BCUT2D eigenvalue weighted by Crippen LogP contribution is 2.30. The van der Waals surface area contributed by atoms with E-state index in [4.69, 9.17) is 23.2 Å². The van der Waals surface area contributed by atoms with Crippen molar-refractivity contribution in [1.82, 2.24) is 20.0 Å². The molecule has 0 amide bonds. The number of aliphatic hydroxyl groups is 1. The molecule has 0 saturated carbocycles. The van der Waals surface area contributed by atoms with E-state index in [1.807, 2.05) is 0 Å². The maximum atomic E-state index is 10.2. The van der Waals surface area contributed by atoms with E-state index in [0.29, 0.717) is 21.0 Å². The van der Waals surface area contributed by atoms with Crippen molar-refractivity contribution < 1.29 is 5.11 Å². The van der Waals surface area contributed by atoms with Crippen molar-refractivity contribution in [3.8, 4) is 0 Å². The van der Waals surface area contributed by atoms with Crippen molar-refractivity contribution in [3.63, 3.8) is 0 Å². The summed E-state index contributed by atoms with van der Waals surface area (Å²) < 4.78 is 1.89. The summed E-state index contributed by atoms with van der Waals surface area (Å²) >= 11 is 14.9. The summed E-state index contributed by atoms with van der Waals surface area (Å²) in [6.45, 7) is 0. The Bertz CT molecular complexity index is 540. The van der Waals surface area contributed by atoms with E-state index in [-0.39, 0.29) is 5.02 Å². The lowest BCUT2D eigenvalue weighted by Crippen LogP contribution is -2.09. The minimum atomic E-state index is -1.02. The topological polar surface area (TPSA) is 63.8 Å². The molecule has 1 N–H and O–H groups in total. The van der Waals surface area contributed by atoms with Gasteiger partial charge in [0.15, 0.2) is 4.60 Å². The fourth-order valence-corrected chi connectivity index (χ4v) is 2.41. The molecule has 0 aliphatic rings. The molecule has 0 fully saturated rings. The van der Waals surface area contributed by atoms with Gasteiger partial charge in [-0.2, -0.15) is 0 Å². The van der Waals surface area contributed by atoms with Gasteiger partial charge in [0.2, 0.25) is 0 Å². The Labute approximate surface area is 116 Å². The normalized spacial score (nSPS) is 12.8. The Morgan fingerprint density at radius 1 is 1.47 bits per heavy atom. The molecule has 2 heterocycles. The molecule has 90 valence electrons. The maximum Gasteiger partial charge on any atom is 0.154 e.